The minimum absolute atomic E-state index is 0.108. The monoisotopic (exact) mass is 267 g/mol. The van der Waals surface area contributed by atoms with Gasteiger partial charge in [-0.15, -0.1) is 0 Å². The second kappa shape index (κ2) is 5.18. The first kappa shape index (κ1) is 12.6. The van der Waals surface area contributed by atoms with Crippen molar-refractivity contribution < 1.29 is 9.18 Å². The third-order valence-electron chi connectivity index (χ3n) is 2.43. The molecule has 1 aromatic carbocycles. The molecule has 0 radical (unpaired) electrons. The van der Waals surface area contributed by atoms with Gasteiger partial charge in [-0.25, -0.2) is 4.39 Å². The molecular weight excluding hydrogens is 257 g/mol. The quantitative estimate of drug-likeness (QED) is 0.898. The number of nitrogens with zero attached hydrogens (tertiary/aromatic N) is 1. The summed E-state index contributed by atoms with van der Waals surface area (Å²) in [5.41, 5.74) is 0.778. The Morgan fingerprint density at radius 3 is 2.94 bits per heavy atom. The van der Waals surface area contributed by atoms with Crippen LogP contribution in [0.15, 0.2) is 24.3 Å². The molecule has 2 rings (SSSR count). The lowest BCUT2D eigenvalue weighted by Crippen LogP contribution is -2.14. The van der Waals surface area contributed by atoms with Crippen LogP contribution >= 0.6 is 11.6 Å². The van der Waals surface area contributed by atoms with Crippen molar-refractivity contribution in [3.63, 3.8) is 0 Å². The summed E-state index contributed by atoms with van der Waals surface area (Å²) >= 11 is 5.72. The highest BCUT2D eigenvalue weighted by atomic mass is 35.5. The van der Waals surface area contributed by atoms with Crippen LogP contribution in [-0.4, -0.2) is 16.1 Å². The number of aryl methyl sites for hydroxylation is 1. The Balaban J connectivity index is 2.19. The van der Waals surface area contributed by atoms with Gasteiger partial charge in [0.05, 0.1) is 5.56 Å². The second-order valence-corrected chi connectivity index (χ2v) is 4.15. The maximum atomic E-state index is 13.4. The number of benzene rings is 1. The van der Waals surface area contributed by atoms with E-state index in [1.807, 2.05) is 6.92 Å². The number of carbonyl (C=O) groups is 1. The summed E-state index contributed by atoms with van der Waals surface area (Å²) in [6.07, 6.45) is 0.772. The van der Waals surface area contributed by atoms with E-state index in [9.17, 15) is 9.18 Å². The van der Waals surface area contributed by atoms with Crippen molar-refractivity contribution in [1.82, 2.24) is 10.2 Å². The van der Waals surface area contributed by atoms with Gasteiger partial charge in [0.1, 0.15) is 5.82 Å². The molecule has 0 fully saturated rings. The summed E-state index contributed by atoms with van der Waals surface area (Å²) in [5, 5.41) is 9.45. The summed E-state index contributed by atoms with van der Waals surface area (Å²) in [5.74, 6) is -0.844. The summed E-state index contributed by atoms with van der Waals surface area (Å²) in [6.45, 7) is 1.95. The lowest BCUT2D eigenvalue weighted by Gasteiger charge is -2.03. The van der Waals surface area contributed by atoms with Crippen LogP contribution in [0.2, 0.25) is 5.02 Å². The lowest BCUT2D eigenvalue weighted by atomic mass is 10.2. The van der Waals surface area contributed by atoms with Crippen molar-refractivity contribution in [2.75, 3.05) is 5.32 Å². The average molecular weight is 268 g/mol. The molecule has 0 unspecified atom stereocenters. The van der Waals surface area contributed by atoms with E-state index in [0.717, 1.165) is 18.2 Å². The molecule has 0 spiro atoms. The summed E-state index contributed by atoms with van der Waals surface area (Å²) < 4.78 is 13.4. The van der Waals surface area contributed by atoms with Crippen molar-refractivity contribution in [3.8, 4) is 0 Å². The maximum Gasteiger partial charge on any atom is 0.259 e. The van der Waals surface area contributed by atoms with E-state index in [2.05, 4.69) is 15.5 Å². The van der Waals surface area contributed by atoms with Gasteiger partial charge in [-0.2, -0.15) is 5.10 Å². The molecule has 1 heterocycles. The SMILES string of the molecule is CCc1cc(NC(=O)c2cc(Cl)ccc2F)n[nH]1. The Morgan fingerprint density at radius 2 is 2.28 bits per heavy atom. The Morgan fingerprint density at radius 1 is 1.50 bits per heavy atom. The van der Waals surface area contributed by atoms with Gasteiger partial charge >= 0.3 is 0 Å². The summed E-state index contributed by atoms with van der Waals surface area (Å²) in [7, 11) is 0. The molecule has 94 valence electrons. The van der Waals surface area contributed by atoms with Gasteiger partial charge in [-0.05, 0) is 24.6 Å². The van der Waals surface area contributed by atoms with Crippen LogP contribution in [0.5, 0.6) is 0 Å². The number of hydrogen-bond acceptors (Lipinski definition) is 2. The number of aromatic amines is 1. The average Bonchev–Trinajstić information content (AvgIpc) is 2.80. The van der Waals surface area contributed by atoms with Gasteiger partial charge in [0, 0.05) is 16.8 Å². The van der Waals surface area contributed by atoms with Crippen molar-refractivity contribution in [2.45, 2.75) is 13.3 Å². The van der Waals surface area contributed by atoms with E-state index in [1.165, 1.54) is 12.1 Å². The van der Waals surface area contributed by atoms with Crippen molar-refractivity contribution >= 4 is 23.3 Å². The minimum atomic E-state index is -0.622. The van der Waals surface area contributed by atoms with E-state index in [0.29, 0.717) is 10.8 Å². The molecule has 0 saturated carbocycles. The number of aromatic nitrogens is 2. The minimum Gasteiger partial charge on any atom is -0.305 e. The highest BCUT2D eigenvalue weighted by Gasteiger charge is 2.13. The van der Waals surface area contributed by atoms with Crippen LogP contribution in [0.25, 0.3) is 0 Å². The van der Waals surface area contributed by atoms with E-state index in [-0.39, 0.29) is 5.56 Å². The number of anilines is 1. The Labute approximate surface area is 108 Å². The zero-order chi connectivity index (χ0) is 13.1. The molecule has 18 heavy (non-hydrogen) atoms. The molecule has 0 aliphatic carbocycles. The number of hydrogen-bond donors (Lipinski definition) is 2. The number of halogens is 2. The van der Waals surface area contributed by atoms with Crippen molar-refractivity contribution in [3.05, 3.63) is 46.4 Å². The fraction of sp³-hybridized carbons (Fsp3) is 0.167. The first-order valence-electron chi connectivity index (χ1n) is 5.41. The zero-order valence-corrected chi connectivity index (χ0v) is 10.4. The number of nitrogens with one attached hydrogen (secondary N) is 2. The highest BCUT2D eigenvalue weighted by Crippen LogP contribution is 2.16. The van der Waals surface area contributed by atoms with Crippen molar-refractivity contribution in [1.29, 1.82) is 0 Å². The standard InChI is InChI=1S/C12H11ClFN3O/c1-2-8-6-11(17-16-8)15-12(18)9-5-7(13)3-4-10(9)14/h3-6H,2H2,1H3,(H2,15,16,17,18). The third kappa shape index (κ3) is 2.68. The lowest BCUT2D eigenvalue weighted by molar-refractivity contribution is 0.102. The maximum absolute atomic E-state index is 13.4. The van der Waals surface area contributed by atoms with E-state index in [4.69, 9.17) is 11.6 Å². The first-order chi connectivity index (χ1) is 8.60. The fourth-order valence-corrected chi connectivity index (χ4v) is 1.63. The Hall–Kier alpha value is -1.88. The van der Waals surface area contributed by atoms with Crippen LogP contribution in [-0.2, 0) is 6.42 Å². The van der Waals surface area contributed by atoms with Gasteiger partial charge in [-0.1, -0.05) is 18.5 Å². The molecule has 0 aliphatic heterocycles. The van der Waals surface area contributed by atoms with Gasteiger partial charge in [0.25, 0.3) is 5.91 Å². The molecule has 4 nitrogen and oxygen atoms in total. The zero-order valence-electron chi connectivity index (χ0n) is 9.63. The number of amides is 1. The highest BCUT2D eigenvalue weighted by molar-refractivity contribution is 6.31. The van der Waals surface area contributed by atoms with Gasteiger partial charge in [0.15, 0.2) is 5.82 Å². The van der Waals surface area contributed by atoms with E-state index >= 15 is 0 Å². The van der Waals surface area contributed by atoms with Gasteiger partial charge < -0.3 is 5.32 Å². The largest absolute Gasteiger partial charge is 0.305 e. The molecule has 0 aliphatic rings. The topological polar surface area (TPSA) is 57.8 Å². The van der Waals surface area contributed by atoms with Crippen LogP contribution in [0.1, 0.15) is 23.0 Å². The van der Waals surface area contributed by atoms with Gasteiger partial charge in [-0.3, -0.25) is 9.89 Å². The number of H-pyrrole nitrogens is 1. The summed E-state index contributed by atoms with van der Waals surface area (Å²) in [6, 6.07) is 5.51. The molecule has 2 N–H and O–H groups in total. The number of carbonyl (C=O) groups excluding carboxylic acids is 1. The second-order valence-electron chi connectivity index (χ2n) is 3.71. The van der Waals surface area contributed by atoms with Crippen molar-refractivity contribution in [2.24, 2.45) is 0 Å². The van der Waals surface area contributed by atoms with Crippen LogP contribution in [0.3, 0.4) is 0 Å². The predicted molar refractivity (Wildman–Crippen MR) is 67.3 cm³/mol. The molecule has 0 saturated heterocycles. The summed E-state index contributed by atoms with van der Waals surface area (Å²) in [4.78, 5) is 11.8. The molecule has 2 aromatic rings. The molecule has 6 heteroatoms. The molecule has 0 atom stereocenters. The first-order valence-corrected chi connectivity index (χ1v) is 5.78. The predicted octanol–water partition coefficient (Wildman–Crippen LogP) is 3.02. The normalized spacial score (nSPS) is 10.4. The molecule has 0 bridgehead atoms. The molecular formula is C12H11ClFN3O. The van der Waals surface area contributed by atoms with E-state index in [1.54, 1.807) is 6.07 Å². The Bertz CT molecular complexity index is 582. The molecule has 1 amide bonds. The smallest absolute Gasteiger partial charge is 0.259 e. The molecule has 1 aromatic heterocycles. The van der Waals surface area contributed by atoms with Crippen LogP contribution < -0.4 is 5.32 Å². The van der Waals surface area contributed by atoms with Crippen LogP contribution in [0.4, 0.5) is 10.2 Å². The number of rotatable bonds is 3. The van der Waals surface area contributed by atoms with Crippen LogP contribution in [0, 0.1) is 5.82 Å². The fourth-order valence-electron chi connectivity index (χ4n) is 1.46. The van der Waals surface area contributed by atoms with E-state index < -0.39 is 11.7 Å². The Kier molecular flexibility index (Phi) is 3.62. The third-order valence-corrected chi connectivity index (χ3v) is 2.66. The van der Waals surface area contributed by atoms with Gasteiger partial charge in [0.2, 0.25) is 0 Å².